The van der Waals surface area contributed by atoms with E-state index in [9.17, 15) is 4.79 Å². The van der Waals surface area contributed by atoms with Crippen molar-refractivity contribution in [1.82, 2.24) is 10.2 Å². The molecule has 0 saturated heterocycles. The van der Waals surface area contributed by atoms with Gasteiger partial charge < -0.3 is 4.74 Å². The second-order valence-electron chi connectivity index (χ2n) is 4.53. The number of ether oxygens (including phenoxy) is 1. The third-order valence-electron chi connectivity index (χ3n) is 3.06. The summed E-state index contributed by atoms with van der Waals surface area (Å²) in [5.41, 5.74) is 2.08. The molecule has 0 atom stereocenters. The lowest BCUT2D eigenvalue weighted by Gasteiger charge is -2.00. The van der Waals surface area contributed by atoms with E-state index < -0.39 is 0 Å². The van der Waals surface area contributed by atoms with Crippen LogP contribution in [-0.4, -0.2) is 22.8 Å². The third kappa shape index (κ3) is 2.66. The summed E-state index contributed by atoms with van der Waals surface area (Å²) in [5.74, 6) is 0.379. The van der Waals surface area contributed by atoms with Crippen molar-refractivity contribution in [3.63, 3.8) is 0 Å². The van der Waals surface area contributed by atoms with Gasteiger partial charge in [-0.2, -0.15) is 5.10 Å². The van der Waals surface area contributed by atoms with Crippen molar-refractivity contribution in [1.29, 1.82) is 0 Å². The van der Waals surface area contributed by atoms with Crippen LogP contribution in [0.15, 0.2) is 24.4 Å². The first-order valence-electron chi connectivity index (χ1n) is 6.38. The SMILES string of the molecule is CCOC(=O)c1ccc(-c2cc(C3CC3)cnn2)s1. The minimum atomic E-state index is -0.273. The fourth-order valence-corrected chi connectivity index (χ4v) is 2.79. The lowest BCUT2D eigenvalue weighted by Crippen LogP contribution is -2.01. The smallest absolute Gasteiger partial charge is 0.348 e. The summed E-state index contributed by atoms with van der Waals surface area (Å²) in [4.78, 5) is 13.2. The highest BCUT2D eigenvalue weighted by molar-refractivity contribution is 7.17. The summed E-state index contributed by atoms with van der Waals surface area (Å²) in [6.07, 6.45) is 4.31. The molecule has 98 valence electrons. The number of hydrogen-bond acceptors (Lipinski definition) is 5. The Balaban J connectivity index is 1.85. The van der Waals surface area contributed by atoms with Crippen LogP contribution < -0.4 is 0 Å². The summed E-state index contributed by atoms with van der Waals surface area (Å²) >= 11 is 1.40. The number of hydrogen-bond donors (Lipinski definition) is 0. The molecule has 2 aromatic heterocycles. The monoisotopic (exact) mass is 274 g/mol. The maximum Gasteiger partial charge on any atom is 0.348 e. The molecule has 0 bridgehead atoms. The standard InChI is InChI=1S/C14H14N2O2S/c1-2-18-14(17)13-6-5-12(19-13)11-7-10(8-15-16-11)9-3-4-9/h5-9H,2-4H2,1H3. The quantitative estimate of drug-likeness (QED) is 0.803. The largest absolute Gasteiger partial charge is 0.462 e. The zero-order valence-corrected chi connectivity index (χ0v) is 11.4. The number of thiophene rings is 1. The van der Waals surface area contributed by atoms with Crippen LogP contribution in [0, 0.1) is 0 Å². The molecule has 0 aromatic carbocycles. The first-order chi connectivity index (χ1) is 9.28. The maximum absolute atomic E-state index is 11.6. The molecule has 1 aliphatic carbocycles. The molecule has 0 spiro atoms. The Bertz CT molecular complexity index is 605. The Labute approximate surface area is 115 Å². The van der Waals surface area contributed by atoms with Gasteiger partial charge in [0.2, 0.25) is 0 Å². The van der Waals surface area contributed by atoms with E-state index in [1.807, 2.05) is 12.3 Å². The van der Waals surface area contributed by atoms with E-state index >= 15 is 0 Å². The van der Waals surface area contributed by atoms with Gasteiger partial charge in [0.05, 0.1) is 17.7 Å². The number of nitrogens with zero attached hydrogens (tertiary/aromatic N) is 2. The topological polar surface area (TPSA) is 52.1 Å². The maximum atomic E-state index is 11.6. The normalized spacial score (nSPS) is 14.4. The Hall–Kier alpha value is -1.75. The van der Waals surface area contributed by atoms with E-state index in [1.54, 1.807) is 13.0 Å². The van der Waals surface area contributed by atoms with Gasteiger partial charge >= 0.3 is 5.97 Å². The Morgan fingerprint density at radius 2 is 2.32 bits per heavy atom. The highest BCUT2D eigenvalue weighted by Crippen LogP contribution is 2.40. The minimum Gasteiger partial charge on any atom is -0.462 e. The van der Waals surface area contributed by atoms with Gasteiger partial charge in [-0.05, 0) is 49.4 Å². The molecule has 4 nitrogen and oxygen atoms in total. The van der Waals surface area contributed by atoms with Crippen molar-refractivity contribution in [3.8, 4) is 10.6 Å². The summed E-state index contributed by atoms with van der Waals surface area (Å²) in [7, 11) is 0. The second kappa shape index (κ2) is 5.09. The van der Waals surface area contributed by atoms with Gasteiger partial charge in [-0.1, -0.05) is 0 Å². The van der Waals surface area contributed by atoms with E-state index in [2.05, 4.69) is 16.3 Å². The molecule has 5 heteroatoms. The number of aromatic nitrogens is 2. The zero-order chi connectivity index (χ0) is 13.2. The molecular formula is C14H14N2O2S. The van der Waals surface area contributed by atoms with E-state index in [4.69, 9.17) is 4.74 Å². The fourth-order valence-electron chi connectivity index (χ4n) is 1.93. The zero-order valence-electron chi connectivity index (χ0n) is 10.6. The average molecular weight is 274 g/mol. The number of carbonyl (C=O) groups is 1. The van der Waals surface area contributed by atoms with Gasteiger partial charge in [0.15, 0.2) is 0 Å². The second-order valence-corrected chi connectivity index (χ2v) is 5.62. The van der Waals surface area contributed by atoms with Crippen molar-refractivity contribution >= 4 is 17.3 Å². The molecule has 1 fully saturated rings. The molecule has 0 N–H and O–H groups in total. The van der Waals surface area contributed by atoms with E-state index in [-0.39, 0.29) is 5.97 Å². The molecule has 0 unspecified atom stereocenters. The highest BCUT2D eigenvalue weighted by Gasteiger charge is 2.24. The molecule has 19 heavy (non-hydrogen) atoms. The van der Waals surface area contributed by atoms with Gasteiger partial charge in [-0.3, -0.25) is 0 Å². The summed E-state index contributed by atoms with van der Waals surface area (Å²) < 4.78 is 4.98. The number of rotatable bonds is 4. The molecule has 0 aliphatic heterocycles. The predicted octanol–water partition coefficient (Wildman–Crippen LogP) is 3.26. The van der Waals surface area contributed by atoms with Gasteiger partial charge in [0, 0.05) is 0 Å². The molecule has 0 amide bonds. The van der Waals surface area contributed by atoms with Crippen LogP contribution in [-0.2, 0) is 4.74 Å². The highest BCUT2D eigenvalue weighted by atomic mass is 32.1. The van der Waals surface area contributed by atoms with Crippen LogP contribution in [0.2, 0.25) is 0 Å². The summed E-state index contributed by atoms with van der Waals surface area (Å²) in [6.45, 7) is 2.19. The van der Waals surface area contributed by atoms with Crippen LogP contribution in [0.5, 0.6) is 0 Å². The summed E-state index contributed by atoms with van der Waals surface area (Å²) in [6, 6.07) is 5.76. The molecule has 0 radical (unpaired) electrons. The Morgan fingerprint density at radius 3 is 3.05 bits per heavy atom. The Kier molecular flexibility index (Phi) is 3.29. The first-order valence-corrected chi connectivity index (χ1v) is 7.19. The van der Waals surface area contributed by atoms with Crippen LogP contribution in [0.4, 0.5) is 0 Å². The van der Waals surface area contributed by atoms with Crippen LogP contribution in [0.25, 0.3) is 10.6 Å². The summed E-state index contributed by atoms with van der Waals surface area (Å²) in [5, 5.41) is 8.20. The van der Waals surface area contributed by atoms with Crippen molar-refractivity contribution in [2.24, 2.45) is 0 Å². The van der Waals surface area contributed by atoms with E-state index in [0.717, 1.165) is 10.6 Å². The predicted molar refractivity (Wildman–Crippen MR) is 73.3 cm³/mol. The molecule has 2 heterocycles. The van der Waals surface area contributed by atoms with E-state index in [0.29, 0.717) is 17.4 Å². The lowest BCUT2D eigenvalue weighted by atomic mass is 10.2. The first kappa shape index (κ1) is 12.3. The van der Waals surface area contributed by atoms with Crippen molar-refractivity contribution in [2.45, 2.75) is 25.7 Å². The van der Waals surface area contributed by atoms with Gasteiger partial charge in [-0.25, -0.2) is 4.79 Å². The van der Waals surface area contributed by atoms with Crippen molar-refractivity contribution in [3.05, 3.63) is 34.8 Å². The Morgan fingerprint density at radius 1 is 1.47 bits per heavy atom. The van der Waals surface area contributed by atoms with Gasteiger partial charge in [0.25, 0.3) is 0 Å². The van der Waals surface area contributed by atoms with Crippen molar-refractivity contribution in [2.75, 3.05) is 6.61 Å². The number of esters is 1. The molecule has 2 aromatic rings. The van der Waals surface area contributed by atoms with Gasteiger partial charge in [0.1, 0.15) is 10.6 Å². The molecular weight excluding hydrogens is 260 g/mol. The fraction of sp³-hybridized carbons (Fsp3) is 0.357. The average Bonchev–Trinajstić information content (AvgIpc) is 3.16. The molecule has 1 aliphatic rings. The van der Waals surface area contributed by atoms with Crippen LogP contribution >= 0.6 is 11.3 Å². The van der Waals surface area contributed by atoms with E-state index in [1.165, 1.54) is 29.7 Å². The number of carbonyl (C=O) groups excluding carboxylic acids is 1. The third-order valence-corrected chi connectivity index (χ3v) is 4.15. The minimum absolute atomic E-state index is 0.273. The van der Waals surface area contributed by atoms with Gasteiger partial charge in [-0.15, -0.1) is 16.4 Å². The lowest BCUT2D eigenvalue weighted by molar-refractivity contribution is 0.0532. The van der Waals surface area contributed by atoms with Crippen molar-refractivity contribution < 1.29 is 9.53 Å². The van der Waals surface area contributed by atoms with Crippen LogP contribution in [0.1, 0.15) is 40.9 Å². The molecule has 3 rings (SSSR count). The molecule has 1 saturated carbocycles. The van der Waals surface area contributed by atoms with Crippen LogP contribution in [0.3, 0.4) is 0 Å².